The summed E-state index contributed by atoms with van der Waals surface area (Å²) in [6.07, 6.45) is 0. The Morgan fingerprint density at radius 2 is 1.32 bits per heavy atom. The van der Waals surface area contributed by atoms with Crippen molar-refractivity contribution >= 4 is 30.2 Å². The highest BCUT2D eigenvalue weighted by Gasteiger charge is 2.38. The van der Waals surface area contributed by atoms with E-state index < -0.39 is 17.5 Å². The average Bonchev–Trinajstić information content (AvgIpc) is 2.90. The van der Waals surface area contributed by atoms with Crippen molar-refractivity contribution in [1.82, 2.24) is 10.6 Å². The number of benzene rings is 3. The number of rotatable bonds is 10. The van der Waals surface area contributed by atoms with Crippen LogP contribution in [0.1, 0.15) is 27.0 Å². The first-order valence-corrected chi connectivity index (χ1v) is 11.5. The van der Waals surface area contributed by atoms with Gasteiger partial charge >= 0.3 is 0 Å². The number of ketones is 1. The number of amides is 2. The Hall–Kier alpha value is -3.46. The van der Waals surface area contributed by atoms with Crippen molar-refractivity contribution in [1.29, 1.82) is 0 Å². The predicted octanol–water partition coefficient (Wildman–Crippen LogP) is 1.61. The van der Waals surface area contributed by atoms with Crippen molar-refractivity contribution in [3.05, 3.63) is 107 Å². The molecule has 0 aliphatic rings. The van der Waals surface area contributed by atoms with Crippen LogP contribution in [0.4, 0.5) is 0 Å². The van der Waals surface area contributed by atoms with Gasteiger partial charge in [0.25, 0.3) is 0 Å². The summed E-state index contributed by atoms with van der Waals surface area (Å²) in [6.45, 7) is -0.331. The molecule has 6 N–H and O–H groups in total. The van der Waals surface area contributed by atoms with Crippen molar-refractivity contribution in [3.63, 3.8) is 0 Å². The Balaban J connectivity index is 2.10. The maximum Gasteiger partial charge on any atom is 0.238 e. The van der Waals surface area contributed by atoms with Gasteiger partial charge in [0, 0.05) is 11.3 Å². The summed E-state index contributed by atoms with van der Waals surface area (Å²) in [5.74, 6) is -0.819. The van der Waals surface area contributed by atoms with Crippen molar-refractivity contribution in [2.75, 3.05) is 18.8 Å². The molecule has 0 spiro atoms. The SMILES string of the molecule is NCC(=O)NCC(=O)c1ccc(C(NC(=O)[C@H](N)CS)(c2ccccc2)c2ccccc2)cc1. The van der Waals surface area contributed by atoms with Crippen LogP contribution in [0.5, 0.6) is 0 Å². The molecule has 0 fully saturated rings. The molecule has 3 aromatic rings. The molecule has 0 radical (unpaired) electrons. The topological polar surface area (TPSA) is 127 Å². The lowest BCUT2D eigenvalue weighted by Crippen LogP contribution is -2.53. The molecule has 2 amide bonds. The van der Waals surface area contributed by atoms with Crippen molar-refractivity contribution < 1.29 is 14.4 Å². The third-order valence-corrected chi connectivity index (χ3v) is 5.92. The van der Waals surface area contributed by atoms with Gasteiger partial charge in [-0.3, -0.25) is 14.4 Å². The van der Waals surface area contributed by atoms with Crippen molar-refractivity contribution in [3.8, 4) is 0 Å². The second-order valence-electron chi connectivity index (χ2n) is 7.74. The molecule has 0 aromatic heterocycles. The highest BCUT2D eigenvalue weighted by molar-refractivity contribution is 7.80. The minimum Gasteiger partial charge on any atom is -0.348 e. The van der Waals surface area contributed by atoms with Crippen LogP contribution in [0.3, 0.4) is 0 Å². The van der Waals surface area contributed by atoms with Gasteiger partial charge in [0.05, 0.1) is 19.1 Å². The number of nitrogens with one attached hydrogen (secondary N) is 2. The van der Waals surface area contributed by atoms with E-state index in [0.717, 1.165) is 16.7 Å². The van der Waals surface area contributed by atoms with Crippen LogP contribution in [0, 0.1) is 0 Å². The number of carbonyl (C=O) groups is 3. The number of hydrogen-bond acceptors (Lipinski definition) is 6. The molecule has 0 aliphatic carbocycles. The summed E-state index contributed by atoms with van der Waals surface area (Å²) in [4.78, 5) is 37.0. The lowest BCUT2D eigenvalue weighted by molar-refractivity contribution is -0.123. The fraction of sp³-hybridized carbons (Fsp3) is 0.192. The van der Waals surface area contributed by atoms with E-state index in [0.29, 0.717) is 5.56 Å². The molecule has 0 unspecified atom stereocenters. The first-order chi connectivity index (χ1) is 16.4. The van der Waals surface area contributed by atoms with Gasteiger partial charge in [0.2, 0.25) is 11.8 Å². The zero-order valence-corrected chi connectivity index (χ0v) is 19.5. The highest BCUT2D eigenvalue weighted by atomic mass is 32.1. The zero-order chi connectivity index (χ0) is 24.6. The molecule has 34 heavy (non-hydrogen) atoms. The average molecular weight is 477 g/mol. The van der Waals surface area contributed by atoms with E-state index >= 15 is 0 Å². The van der Waals surface area contributed by atoms with Crippen LogP contribution >= 0.6 is 12.6 Å². The van der Waals surface area contributed by atoms with Crippen LogP contribution < -0.4 is 22.1 Å². The molecule has 3 aromatic carbocycles. The Bertz CT molecular complexity index is 1080. The molecular formula is C26H28N4O3S. The van der Waals surface area contributed by atoms with Crippen molar-refractivity contribution in [2.24, 2.45) is 11.5 Å². The molecule has 3 rings (SSSR count). The molecule has 0 aliphatic heterocycles. The second kappa shape index (κ2) is 11.6. The zero-order valence-electron chi connectivity index (χ0n) is 18.6. The van der Waals surface area contributed by atoms with Gasteiger partial charge in [-0.25, -0.2) is 0 Å². The van der Waals surface area contributed by atoms with Gasteiger partial charge in [-0.05, 0) is 16.7 Å². The van der Waals surface area contributed by atoms with Gasteiger partial charge in [0.1, 0.15) is 5.54 Å². The highest BCUT2D eigenvalue weighted by Crippen LogP contribution is 2.37. The second-order valence-corrected chi connectivity index (χ2v) is 8.11. The molecule has 1 atom stereocenters. The van der Waals surface area contributed by atoms with Crippen LogP contribution in [-0.4, -0.2) is 42.5 Å². The maximum atomic E-state index is 13.1. The van der Waals surface area contributed by atoms with E-state index in [1.165, 1.54) is 0 Å². The number of nitrogens with two attached hydrogens (primary N) is 2. The van der Waals surface area contributed by atoms with E-state index in [4.69, 9.17) is 11.5 Å². The van der Waals surface area contributed by atoms with Crippen LogP contribution in [-0.2, 0) is 15.1 Å². The van der Waals surface area contributed by atoms with E-state index in [1.807, 2.05) is 60.7 Å². The van der Waals surface area contributed by atoms with Gasteiger partial charge in [-0.15, -0.1) is 0 Å². The van der Waals surface area contributed by atoms with Gasteiger partial charge < -0.3 is 22.1 Å². The third-order valence-electron chi connectivity index (χ3n) is 5.53. The molecule has 7 nitrogen and oxygen atoms in total. The first kappa shape index (κ1) is 25.2. The number of Topliss-reactive ketones (excluding diaryl/α,β-unsaturated/α-hetero) is 1. The maximum absolute atomic E-state index is 13.1. The first-order valence-electron chi connectivity index (χ1n) is 10.8. The summed E-state index contributed by atoms with van der Waals surface area (Å²) in [5.41, 5.74) is 13.1. The number of thiol groups is 1. The van der Waals surface area contributed by atoms with Gasteiger partial charge in [0.15, 0.2) is 5.78 Å². The standard InChI is InChI=1S/C26H28N4O3S/c27-15-24(32)29-16-23(31)18-11-13-21(14-12-18)26(19-7-3-1-4-8-19,20-9-5-2-6-10-20)30-25(33)22(28)17-34/h1-14,22,34H,15-17,27-28H2,(H,29,32)(H,30,33)/t22-/m1/s1. The smallest absolute Gasteiger partial charge is 0.238 e. The van der Waals surface area contributed by atoms with Crippen molar-refractivity contribution in [2.45, 2.75) is 11.6 Å². The summed E-state index contributed by atoms with van der Waals surface area (Å²) in [7, 11) is 0. The van der Waals surface area contributed by atoms with Gasteiger partial charge in [-0.1, -0.05) is 84.9 Å². The molecule has 0 saturated carbocycles. The fourth-order valence-corrected chi connectivity index (χ4v) is 3.88. The van der Waals surface area contributed by atoms with Gasteiger partial charge in [-0.2, -0.15) is 12.6 Å². The lowest BCUT2D eigenvalue weighted by Gasteiger charge is -2.37. The Labute approximate surface area is 204 Å². The summed E-state index contributed by atoms with van der Waals surface area (Å²) < 4.78 is 0. The lowest BCUT2D eigenvalue weighted by atomic mass is 9.76. The molecular weight excluding hydrogens is 448 g/mol. The Morgan fingerprint density at radius 3 is 1.79 bits per heavy atom. The van der Waals surface area contributed by atoms with E-state index in [1.54, 1.807) is 24.3 Å². The summed E-state index contributed by atoms with van der Waals surface area (Å²) in [5, 5.41) is 5.64. The largest absolute Gasteiger partial charge is 0.348 e. The predicted molar refractivity (Wildman–Crippen MR) is 136 cm³/mol. The normalized spacial score (nSPS) is 12.0. The number of carbonyl (C=O) groups excluding carboxylic acids is 3. The van der Waals surface area contributed by atoms with Crippen LogP contribution in [0.25, 0.3) is 0 Å². The Kier molecular flexibility index (Phi) is 8.59. The van der Waals surface area contributed by atoms with Crippen LogP contribution in [0.2, 0.25) is 0 Å². The summed E-state index contributed by atoms with van der Waals surface area (Å²) >= 11 is 4.18. The third kappa shape index (κ3) is 5.53. The minimum absolute atomic E-state index is 0.147. The van der Waals surface area contributed by atoms with E-state index in [2.05, 4.69) is 23.3 Å². The summed E-state index contributed by atoms with van der Waals surface area (Å²) in [6, 6.07) is 25.3. The quantitative estimate of drug-likeness (QED) is 0.173. The van der Waals surface area contributed by atoms with Crippen LogP contribution in [0.15, 0.2) is 84.9 Å². The number of hydrogen-bond donors (Lipinski definition) is 5. The molecule has 8 heteroatoms. The van der Waals surface area contributed by atoms with E-state index in [-0.39, 0.29) is 30.5 Å². The fourth-order valence-electron chi connectivity index (χ4n) is 3.71. The monoisotopic (exact) mass is 476 g/mol. The molecule has 0 bridgehead atoms. The molecule has 176 valence electrons. The molecule has 0 heterocycles. The molecule has 0 saturated heterocycles. The Morgan fingerprint density at radius 1 is 0.824 bits per heavy atom. The van der Waals surface area contributed by atoms with E-state index in [9.17, 15) is 14.4 Å². The minimum atomic E-state index is -1.06.